The van der Waals surface area contributed by atoms with Crippen molar-refractivity contribution in [3.8, 4) is 0 Å². The first-order valence-corrected chi connectivity index (χ1v) is 6.43. The molecule has 94 valence electrons. The first kappa shape index (κ1) is 12.3. The molecule has 2 unspecified atom stereocenters. The van der Waals surface area contributed by atoms with E-state index in [0.717, 1.165) is 37.2 Å². The zero-order chi connectivity index (χ0) is 12.1. The molecule has 4 nitrogen and oxygen atoms in total. The van der Waals surface area contributed by atoms with E-state index < -0.39 is 0 Å². The summed E-state index contributed by atoms with van der Waals surface area (Å²) in [7, 11) is 1.78. The van der Waals surface area contributed by atoms with Crippen molar-refractivity contribution < 1.29 is 4.74 Å². The van der Waals surface area contributed by atoms with Gasteiger partial charge in [-0.3, -0.25) is 0 Å². The number of methoxy groups -OCH3 is 1. The molecule has 17 heavy (non-hydrogen) atoms. The predicted octanol–water partition coefficient (Wildman–Crippen LogP) is 2.41. The van der Waals surface area contributed by atoms with Gasteiger partial charge in [-0.25, -0.2) is 9.97 Å². The Morgan fingerprint density at radius 1 is 1.41 bits per heavy atom. The van der Waals surface area contributed by atoms with Crippen molar-refractivity contribution in [3.63, 3.8) is 0 Å². The van der Waals surface area contributed by atoms with Crippen LogP contribution in [0.5, 0.6) is 0 Å². The predicted molar refractivity (Wildman–Crippen MR) is 68.1 cm³/mol. The van der Waals surface area contributed by atoms with Gasteiger partial charge in [0.15, 0.2) is 0 Å². The lowest BCUT2D eigenvalue weighted by atomic mass is 10.2. The molecule has 1 fully saturated rings. The Labute approximate surface area is 103 Å². The highest BCUT2D eigenvalue weighted by Crippen LogP contribution is 2.24. The molecule has 1 heterocycles. The Morgan fingerprint density at radius 3 is 3.06 bits per heavy atom. The molecule has 1 aliphatic rings. The molecule has 0 radical (unpaired) electrons. The third-order valence-electron chi connectivity index (χ3n) is 3.32. The maximum Gasteiger partial charge on any atom is 0.129 e. The number of anilines is 1. The maximum atomic E-state index is 5.47. The second-order valence-electron chi connectivity index (χ2n) is 4.60. The van der Waals surface area contributed by atoms with E-state index in [1.165, 1.54) is 6.42 Å². The Kier molecular flexibility index (Phi) is 4.31. The average molecular weight is 235 g/mol. The fourth-order valence-electron chi connectivity index (χ4n) is 2.43. The molecule has 4 heteroatoms. The van der Waals surface area contributed by atoms with Gasteiger partial charge in [0.2, 0.25) is 0 Å². The largest absolute Gasteiger partial charge is 0.379 e. The Hall–Kier alpha value is -1.16. The van der Waals surface area contributed by atoms with Crippen LogP contribution in [-0.4, -0.2) is 29.2 Å². The van der Waals surface area contributed by atoms with Crippen LogP contribution >= 0.6 is 0 Å². The molecule has 0 bridgehead atoms. The van der Waals surface area contributed by atoms with Crippen molar-refractivity contribution in [2.24, 2.45) is 0 Å². The van der Waals surface area contributed by atoms with Gasteiger partial charge in [0.05, 0.1) is 12.1 Å². The van der Waals surface area contributed by atoms with Gasteiger partial charge in [-0.1, -0.05) is 13.3 Å². The van der Waals surface area contributed by atoms with E-state index >= 15 is 0 Å². The lowest BCUT2D eigenvalue weighted by Crippen LogP contribution is -2.30. The lowest BCUT2D eigenvalue weighted by Gasteiger charge is -2.20. The fraction of sp³-hybridized carbons (Fsp3) is 0.692. The third kappa shape index (κ3) is 3.16. The molecule has 0 aromatic carbocycles. The second kappa shape index (κ2) is 5.96. The van der Waals surface area contributed by atoms with Gasteiger partial charge < -0.3 is 10.1 Å². The summed E-state index contributed by atoms with van der Waals surface area (Å²) in [6.45, 7) is 2.16. The molecule has 0 spiro atoms. The van der Waals surface area contributed by atoms with Gasteiger partial charge in [0, 0.05) is 18.9 Å². The minimum atomic E-state index is 0.319. The van der Waals surface area contributed by atoms with Gasteiger partial charge >= 0.3 is 0 Å². The van der Waals surface area contributed by atoms with Crippen LogP contribution in [-0.2, 0) is 11.2 Å². The van der Waals surface area contributed by atoms with E-state index in [1.54, 1.807) is 13.4 Å². The summed E-state index contributed by atoms with van der Waals surface area (Å²) in [4.78, 5) is 8.54. The Morgan fingerprint density at radius 2 is 2.29 bits per heavy atom. The highest BCUT2D eigenvalue weighted by molar-refractivity contribution is 5.36. The van der Waals surface area contributed by atoms with Crippen molar-refractivity contribution in [1.82, 2.24) is 9.97 Å². The van der Waals surface area contributed by atoms with E-state index in [1.807, 2.05) is 0 Å². The number of hydrogen-bond acceptors (Lipinski definition) is 4. The summed E-state index contributed by atoms with van der Waals surface area (Å²) in [6, 6.07) is 2.44. The van der Waals surface area contributed by atoms with E-state index in [0.29, 0.717) is 12.1 Å². The minimum absolute atomic E-state index is 0.319. The van der Waals surface area contributed by atoms with Crippen molar-refractivity contribution in [1.29, 1.82) is 0 Å². The lowest BCUT2D eigenvalue weighted by molar-refractivity contribution is 0.101. The molecule has 1 aromatic rings. The summed E-state index contributed by atoms with van der Waals surface area (Å²) in [5.41, 5.74) is 1.11. The first-order chi connectivity index (χ1) is 8.33. The van der Waals surface area contributed by atoms with E-state index in [4.69, 9.17) is 4.74 Å². The molecule has 2 rings (SSSR count). The quantitative estimate of drug-likeness (QED) is 0.851. The number of nitrogens with one attached hydrogen (secondary N) is 1. The SMILES string of the molecule is CCCc1cc(NC2CCCC2OC)ncn1. The van der Waals surface area contributed by atoms with Gasteiger partial charge in [0.25, 0.3) is 0 Å². The van der Waals surface area contributed by atoms with Crippen LogP contribution in [0.3, 0.4) is 0 Å². The molecule has 0 aliphatic heterocycles. The smallest absolute Gasteiger partial charge is 0.129 e. The van der Waals surface area contributed by atoms with Crippen molar-refractivity contribution in [3.05, 3.63) is 18.1 Å². The summed E-state index contributed by atoms with van der Waals surface area (Å²) in [6.07, 6.45) is 7.61. The van der Waals surface area contributed by atoms with Crippen LogP contribution in [0.25, 0.3) is 0 Å². The fourth-order valence-corrected chi connectivity index (χ4v) is 2.43. The van der Waals surface area contributed by atoms with Crippen LogP contribution in [0.1, 0.15) is 38.3 Å². The Balaban J connectivity index is 2.00. The molecule has 1 saturated carbocycles. The highest BCUT2D eigenvalue weighted by Gasteiger charge is 2.27. The zero-order valence-corrected chi connectivity index (χ0v) is 10.6. The minimum Gasteiger partial charge on any atom is -0.379 e. The van der Waals surface area contributed by atoms with Gasteiger partial charge in [-0.15, -0.1) is 0 Å². The van der Waals surface area contributed by atoms with Crippen LogP contribution in [0, 0.1) is 0 Å². The average Bonchev–Trinajstić information content (AvgIpc) is 2.77. The zero-order valence-electron chi connectivity index (χ0n) is 10.6. The van der Waals surface area contributed by atoms with Crippen LogP contribution in [0.15, 0.2) is 12.4 Å². The normalized spacial score (nSPS) is 23.9. The van der Waals surface area contributed by atoms with E-state index in [2.05, 4.69) is 28.3 Å². The standard InChI is InChI=1S/C13H21N3O/c1-3-5-10-8-13(15-9-14-10)16-11-6-4-7-12(11)17-2/h8-9,11-12H,3-7H2,1-2H3,(H,14,15,16). The van der Waals surface area contributed by atoms with E-state index in [-0.39, 0.29) is 0 Å². The molecule has 2 atom stereocenters. The Bertz CT molecular complexity index is 356. The van der Waals surface area contributed by atoms with Crippen LogP contribution in [0.4, 0.5) is 5.82 Å². The summed E-state index contributed by atoms with van der Waals surface area (Å²) in [5, 5.41) is 3.46. The highest BCUT2D eigenvalue weighted by atomic mass is 16.5. The molecule has 1 N–H and O–H groups in total. The van der Waals surface area contributed by atoms with Crippen molar-refractivity contribution in [2.75, 3.05) is 12.4 Å². The second-order valence-corrected chi connectivity index (χ2v) is 4.60. The van der Waals surface area contributed by atoms with E-state index in [9.17, 15) is 0 Å². The molecule has 0 saturated heterocycles. The molecular weight excluding hydrogens is 214 g/mol. The summed E-state index contributed by atoms with van der Waals surface area (Å²) < 4.78 is 5.47. The number of aromatic nitrogens is 2. The number of aryl methyl sites for hydroxylation is 1. The van der Waals surface area contributed by atoms with Crippen molar-refractivity contribution >= 4 is 5.82 Å². The van der Waals surface area contributed by atoms with Gasteiger partial charge in [-0.05, 0) is 25.7 Å². The number of nitrogens with zero attached hydrogens (tertiary/aromatic N) is 2. The molecule has 0 amide bonds. The molecule has 1 aliphatic carbocycles. The van der Waals surface area contributed by atoms with Crippen molar-refractivity contribution in [2.45, 2.75) is 51.2 Å². The van der Waals surface area contributed by atoms with Gasteiger partial charge in [0.1, 0.15) is 12.1 Å². The first-order valence-electron chi connectivity index (χ1n) is 6.43. The van der Waals surface area contributed by atoms with Crippen LogP contribution in [0.2, 0.25) is 0 Å². The third-order valence-corrected chi connectivity index (χ3v) is 3.32. The number of hydrogen-bond donors (Lipinski definition) is 1. The van der Waals surface area contributed by atoms with Gasteiger partial charge in [-0.2, -0.15) is 0 Å². The number of ether oxygens (including phenoxy) is 1. The summed E-state index contributed by atoms with van der Waals surface area (Å²) in [5.74, 6) is 0.928. The maximum absolute atomic E-state index is 5.47. The topological polar surface area (TPSA) is 47.0 Å². The van der Waals surface area contributed by atoms with Crippen LogP contribution < -0.4 is 5.32 Å². The molecule has 1 aromatic heterocycles. The summed E-state index contributed by atoms with van der Waals surface area (Å²) >= 11 is 0. The number of rotatable bonds is 5. The molecular formula is C13H21N3O. The monoisotopic (exact) mass is 235 g/mol.